The molecule has 0 bridgehead atoms. The van der Waals surface area contributed by atoms with Crippen molar-refractivity contribution in [1.29, 1.82) is 0 Å². The smallest absolute Gasteiger partial charge is 0.272 e. The van der Waals surface area contributed by atoms with E-state index < -0.39 is 15.9 Å². The van der Waals surface area contributed by atoms with Gasteiger partial charge in [-0.05, 0) is 37.1 Å². The van der Waals surface area contributed by atoms with Crippen LogP contribution in [0.15, 0.2) is 77.7 Å². The molecule has 3 aromatic carbocycles. The van der Waals surface area contributed by atoms with Crippen molar-refractivity contribution in [2.24, 2.45) is 0 Å². The van der Waals surface area contributed by atoms with Gasteiger partial charge in [-0.2, -0.15) is 0 Å². The lowest BCUT2D eigenvalue weighted by molar-refractivity contribution is -0.123. The monoisotopic (exact) mass is 410 g/mol. The van der Waals surface area contributed by atoms with Crippen molar-refractivity contribution in [2.75, 3.05) is 6.61 Å². The number of hydrazine groups is 1. The molecule has 6 nitrogen and oxygen atoms in total. The summed E-state index contributed by atoms with van der Waals surface area (Å²) in [6.45, 7) is 3.25. The van der Waals surface area contributed by atoms with E-state index in [0.717, 1.165) is 16.7 Å². The van der Waals surface area contributed by atoms with Gasteiger partial charge in [-0.1, -0.05) is 66.2 Å². The van der Waals surface area contributed by atoms with Crippen LogP contribution in [0.5, 0.6) is 5.75 Å². The highest BCUT2D eigenvalue weighted by Gasteiger charge is 2.18. The van der Waals surface area contributed by atoms with Crippen LogP contribution in [-0.2, 0) is 14.8 Å². The van der Waals surface area contributed by atoms with E-state index in [0.29, 0.717) is 11.3 Å². The SMILES string of the molecule is Cc1ccc(S(=O)(=O)NNC(=O)COc2ccccc2-c2ccccc2)c(C)c1. The Bertz CT molecular complexity index is 1110. The average Bonchev–Trinajstić information content (AvgIpc) is 2.71. The van der Waals surface area contributed by atoms with Crippen molar-refractivity contribution in [3.63, 3.8) is 0 Å². The number of amides is 1. The van der Waals surface area contributed by atoms with Crippen LogP contribution in [0.2, 0.25) is 0 Å². The van der Waals surface area contributed by atoms with Gasteiger partial charge in [0.2, 0.25) is 0 Å². The summed E-state index contributed by atoms with van der Waals surface area (Å²) in [4.78, 5) is 14.3. The van der Waals surface area contributed by atoms with Crippen molar-refractivity contribution in [1.82, 2.24) is 10.3 Å². The molecule has 0 atom stereocenters. The van der Waals surface area contributed by atoms with Crippen LogP contribution in [0.3, 0.4) is 0 Å². The van der Waals surface area contributed by atoms with E-state index >= 15 is 0 Å². The Morgan fingerprint density at radius 3 is 2.34 bits per heavy atom. The van der Waals surface area contributed by atoms with E-state index in [1.54, 1.807) is 25.1 Å². The van der Waals surface area contributed by atoms with Gasteiger partial charge in [0.1, 0.15) is 5.75 Å². The van der Waals surface area contributed by atoms with E-state index in [2.05, 4.69) is 10.3 Å². The first-order chi connectivity index (χ1) is 13.9. The molecule has 0 radical (unpaired) electrons. The lowest BCUT2D eigenvalue weighted by atomic mass is 10.1. The fraction of sp³-hybridized carbons (Fsp3) is 0.136. The number of ether oxygens (including phenoxy) is 1. The van der Waals surface area contributed by atoms with Gasteiger partial charge in [0.05, 0.1) is 4.90 Å². The van der Waals surface area contributed by atoms with E-state index in [-0.39, 0.29) is 11.5 Å². The maximum atomic E-state index is 12.4. The minimum atomic E-state index is -3.87. The van der Waals surface area contributed by atoms with Gasteiger partial charge < -0.3 is 4.74 Å². The maximum Gasteiger partial charge on any atom is 0.272 e. The van der Waals surface area contributed by atoms with Crippen molar-refractivity contribution >= 4 is 15.9 Å². The number of hydrogen-bond acceptors (Lipinski definition) is 4. The number of benzene rings is 3. The normalized spacial score (nSPS) is 11.1. The second-order valence-corrected chi connectivity index (χ2v) is 8.22. The van der Waals surface area contributed by atoms with E-state index in [4.69, 9.17) is 4.74 Å². The molecule has 0 spiro atoms. The van der Waals surface area contributed by atoms with Crippen molar-refractivity contribution in [2.45, 2.75) is 18.7 Å². The lowest BCUT2D eigenvalue weighted by Crippen LogP contribution is -2.43. The summed E-state index contributed by atoms with van der Waals surface area (Å²) < 4.78 is 30.4. The van der Waals surface area contributed by atoms with Gasteiger partial charge in [-0.15, -0.1) is 4.83 Å². The minimum absolute atomic E-state index is 0.110. The van der Waals surface area contributed by atoms with E-state index in [9.17, 15) is 13.2 Å². The van der Waals surface area contributed by atoms with Crippen LogP contribution >= 0.6 is 0 Å². The Morgan fingerprint density at radius 2 is 1.62 bits per heavy atom. The van der Waals surface area contributed by atoms with Gasteiger partial charge in [0, 0.05) is 5.56 Å². The van der Waals surface area contributed by atoms with Crippen LogP contribution in [0.25, 0.3) is 11.1 Å². The Hall–Kier alpha value is -3.16. The number of rotatable bonds is 7. The van der Waals surface area contributed by atoms with E-state index in [1.807, 2.05) is 55.5 Å². The number of para-hydroxylation sites is 1. The molecule has 29 heavy (non-hydrogen) atoms. The average molecular weight is 410 g/mol. The van der Waals surface area contributed by atoms with Crippen molar-refractivity contribution < 1.29 is 17.9 Å². The second-order valence-electron chi connectivity index (χ2n) is 6.57. The third-order valence-electron chi connectivity index (χ3n) is 4.28. The molecule has 0 saturated heterocycles. The molecule has 0 aromatic heterocycles. The minimum Gasteiger partial charge on any atom is -0.483 e. The Labute approximate surface area is 170 Å². The zero-order chi connectivity index (χ0) is 20.9. The van der Waals surface area contributed by atoms with Gasteiger partial charge in [-0.3, -0.25) is 10.2 Å². The lowest BCUT2D eigenvalue weighted by Gasteiger charge is -2.13. The second kappa shape index (κ2) is 8.89. The topological polar surface area (TPSA) is 84.5 Å². The highest BCUT2D eigenvalue weighted by Crippen LogP contribution is 2.29. The molecule has 0 aliphatic rings. The summed E-state index contributed by atoms with van der Waals surface area (Å²) in [5, 5.41) is 0. The first-order valence-electron chi connectivity index (χ1n) is 9.02. The van der Waals surface area contributed by atoms with Crippen LogP contribution < -0.4 is 15.0 Å². The number of nitrogens with one attached hydrogen (secondary N) is 2. The molecule has 0 aliphatic carbocycles. The van der Waals surface area contributed by atoms with Gasteiger partial charge in [0.15, 0.2) is 6.61 Å². The molecule has 0 unspecified atom stereocenters. The fourth-order valence-corrected chi connectivity index (χ4v) is 4.00. The molecular weight excluding hydrogens is 388 g/mol. The molecule has 7 heteroatoms. The van der Waals surface area contributed by atoms with Crippen LogP contribution in [-0.4, -0.2) is 20.9 Å². The predicted molar refractivity (Wildman–Crippen MR) is 112 cm³/mol. The third kappa shape index (κ3) is 5.22. The molecule has 0 saturated carbocycles. The summed E-state index contributed by atoms with van der Waals surface area (Å²) >= 11 is 0. The van der Waals surface area contributed by atoms with Gasteiger partial charge in [-0.25, -0.2) is 8.42 Å². The molecule has 2 N–H and O–H groups in total. The molecule has 3 aromatic rings. The summed E-state index contributed by atoms with van der Waals surface area (Å²) in [5.74, 6) is -0.0766. The molecular formula is C22H22N2O4S. The standard InChI is InChI=1S/C22H22N2O4S/c1-16-12-13-21(17(2)14-16)29(26,27)24-23-22(25)15-28-20-11-7-6-10-19(20)18-8-4-3-5-9-18/h3-14,24H,15H2,1-2H3,(H,23,25). The maximum absolute atomic E-state index is 12.4. The van der Waals surface area contributed by atoms with Crippen LogP contribution in [0, 0.1) is 13.8 Å². The zero-order valence-electron chi connectivity index (χ0n) is 16.2. The van der Waals surface area contributed by atoms with Crippen LogP contribution in [0.1, 0.15) is 11.1 Å². The Balaban J connectivity index is 1.63. The molecule has 0 aliphatic heterocycles. The predicted octanol–water partition coefficient (Wildman–Crippen LogP) is 3.36. The Morgan fingerprint density at radius 1 is 0.931 bits per heavy atom. The molecule has 1 amide bonds. The largest absolute Gasteiger partial charge is 0.483 e. The van der Waals surface area contributed by atoms with Crippen molar-refractivity contribution in [3.05, 3.63) is 83.9 Å². The summed E-state index contributed by atoms with van der Waals surface area (Å²) in [7, 11) is -3.87. The Kier molecular flexibility index (Phi) is 6.31. The first kappa shape index (κ1) is 20.6. The fourth-order valence-electron chi connectivity index (χ4n) is 2.91. The third-order valence-corrected chi connectivity index (χ3v) is 5.68. The molecule has 3 rings (SSSR count). The molecule has 0 fully saturated rings. The zero-order valence-corrected chi connectivity index (χ0v) is 17.0. The van der Waals surface area contributed by atoms with Crippen molar-refractivity contribution in [3.8, 4) is 16.9 Å². The van der Waals surface area contributed by atoms with Crippen LogP contribution in [0.4, 0.5) is 0 Å². The summed E-state index contributed by atoms with van der Waals surface area (Å²) in [6.07, 6.45) is 0. The molecule has 0 heterocycles. The number of aryl methyl sites for hydroxylation is 2. The first-order valence-corrected chi connectivity index (χ1v) is 10.5. The highest BCUT2D eigenvalue weighted by atomic mass is 32.2. The van der Waals surface area contributed by atoms with Gasteiger partial charge in [0.25, 0.3) is 15.9 Å². The highest BCUT2D eigenvalue weighted by molar-refractivity contribution is 7.89. The number of hydrogen-bond donors (Lipinski definition) is 2. The number of carbonyl (C=O) groups excluding carboxylic acids is 1. The van der Waals surface area contributed by atoms with E-state index in [1.165, 1.54) is 6.07 Å². The molecule has 150 valence electrons. The number of sulfonamides is 1. The quantitative estimate of drug-likeness (QED) is 0.585. The number of carbonyl (C=O) groups is 1. The summed E-state index contributed by atoms with van der Waals surface area (Å²) in [6, 6.07) is 22.0. The summed E-state index contributed by atoms with van der Waals surface area (Å²) in [5.41, 5.74) is 5.54. The van der Waals surface area contributed by atoms with Gasteiger partial charge >= 0.3 is 0 Å².